The SMILES string of the molecule is Cc1ccc(N)cc1C(=O)N1CCC(CN(C)C)CC1. The summed E-state index contributed by atoms with van der Waals surface area (Å²) in [4.78, 5) is 16.8. The van der Waals surface area contributed by atoms with Crippen molar-refractivity contribution in [2.24, 2.45) is 5.92 Å². The molecular weight excluding hydrogens is 250 g/mol. The van der Waals surface area contributed by atoms with Gasteiger partial charge in [0.25, 0.3) is 5.91 Å². The van der Waals surface area contributed by atoms with Gasteiger partial charge in [0.2, 0.25) is 0 Å². The van der Waals surface area contributed by atoms with Gasteiger partial charge < -0.3 is 15.5 Å². The van der Waals surface area contributed by atoms with Gasteiger partial charge in [-0.2, -0.15) is 0 Å². The zero-order valence-corrected chi connectivity index (χ0v) is 12.7. The zero-order valence-electron chi connectivity index (χ0n) is 12.7. The lowest BCUT2D eigenvalue weighted by atomic mass is 9.95. The van der Waals surface area contributed by atoms with Crippen LogP contribution in [0.2, 0.25) is 0 Å². The number of hydrogen-bond donors (Lipinski definition) is 1. The largest absolute Gasteiger partial charge is 0.399 e. The summed E-state index contributed by atoms with van der Waals surface area (Å²) in [5, 5.41) is 0. The number of nitrogen functional groups attached to an aromatic ring is 1. The van der Waals surface area contributed by atoms with E-state index in [2.05, 4.69) is 19.0 Å². The Bertz CT molecular complexity index is 477. The Morgan fingerprint density at radius 2 is 2.00 bits per heavy atom. The van der Waals surface area contributed by atoms with E-state index in [4.69, 9.17) is 5.73 Å². The number of piperidine rings is 1. The first-order chi connectivity index (χ1) is 9.47. The maximum absolute atomic E-state index is 12.6. The highest BCUT2D eigenvalue weighted by Gasteiger charge is 2.24. The van der Waals surface area contributed by atoms with E-state index in [0.717, 1.165) is 43.6 Å². The summed E-state index contributed by atoms with van der Waals surface area (Å²) in [6.07, 6.45) is 2.18. The summed E-state index contributed by atoms with van der Waals surface area (Å²) in [5.41, 5.74) is 8.20. The number of nitrogens with two attached hydrogens (primary N) is 1. The van der Waals surface area contributed by atoms with Crippen molar-refractivity contribution in [2.45, 2.75) is 19.8 Å². The summed E-state index contributed by atoms with van der Waals surface area (Å²) in [7, 11) is 4.21. The molecule has 4 heteroatoms. The number of likely N-dealkylation sites (tertiary alicyclic amines) is 1. The van der Waals surface area contributed by atoms with Crippen LogP contribution in [-0.2, 0) is 0 Å². The van der Waals surface area contributed by atoms with Crippen LogP contribution in [0.1, 0.15) is 28.8 Å². The topological polar surface area (TPSA) is 49.6 Å². The molecule has 4 nitrogen and oxygen atoms in total. The van der Waals surface area contributed by atoms with Crippen molar-refractivity contribution in [3.05, 3.63) is 29.3 Å². The first kappa shape index (κ1) is 14.9. The molecule has 0 unspecified atom stereocenters. The number of amides is 1. The fraction of sp³-hybridized carbons (Fsp3) is 0.562. The van der Waals surface area contributed by atoms with Crippen molar-refractivity contribution in [2.75, 3.05) is 39.5 Å². The minimum atomic E-state index is 0.123. The minimum Gasteiger partial charge on any atom is -0.399 e. The van der Waals surface area contributed by atoms with Crippen LogP contribution in [0.25, 0.3) is 0 Å². The molecule has 1 amide bonds. The molecule has 20 heavy (non-hydrogen) atoms. The molecule has 1 aliphatic heterocycles. The fourth-order valence-corrected chi connectivity index (χ4v) is 2.88. The third-order valence-corrected chi connectivity index (χ3v) is 4.02. The second-order valence-corrected chi connectivity index (χ2v) is 6.07. The van der Waals surface area contributed by atoms with Gasteiger partial charge in [0.05, 0.1) is 0 Å². The number of hydrogen-bond acceptors (Lipinski definition) is 3. The summed E-state index contributed by atoms with van der Waals surface area (Å²) in [6, 6.07) is 5.56. The molecule has 0 radical (unpaired) electrons. The number of benzene rings is 1. The quantitative estimate of drug-likeness (QED) is 0.858. The molecule has 1 fully saturated rings. The molecule has 1 aromatic rings. The second-order valence-electron chi connectivity index (χ2n) is 6.07. The van der Waals surface area contributed by atoms with E-state index >= 15 is 0 Å². The fourth-order valence-electron chi connectivity index (χ4n) is 2.88. The summed E-state index contributed by atoms with van der Waals surface area (Å²) < 4.78 is 0. The van der Waals surface area contributed by atoms with Crippen LogP contribution < -0.4 is 5.73 Å². The number of carbonyl (C=O) groups excluding carboxylic acids is 1. The van der Waals surface area contributed by atoms with Gasteiger partial charge in [-0.3, -0.25) is 4.79 Å². The molecule has 0 aromatic heterocycles. The maximum atomic E-state index is 12.6. The number of nitrogens with zero attached hydrogens (tertiary/aromatic N) is 2. The predicted molar refractivity (Wildman–Crippen MR) is 82.8 cm³/mol. The van der Waals surface area contributed by atoms with Crippen molar-refractivity contribution in [1.82, 2.24) is 9.80 Å². The highest BCUT2D eigenvalue weighted by molar-refractivity contribution is 5.96. The molecule has 1 aliphatic rings. The van der Waals surface area contributed by atoms with Crippen molar-refractivity contribution in [3.63, 3.8) is 0 Å². The molecule has 2 N–H and O–H groups in total. The normalized spacial score (nSPS) is 16.7. The molecule has 0 spiro atoms. The Kier molecular flexibility index (Phi) is 4.65. The number of anilines is 1. The summed E-state index contributed by atoms with van der Waals surface area (Å²) in [6.45, 7) is 4.78. The first-order valence-corrected chi connectivity index (χ1v) is 7.27. The summed E-state index contributed by atoms with van der Waals surface area (Å²) in [5.74, 6) is 0.828. The third kappa shape index (κ3) is 3.51. The van der Waals surface area contributed by atoms with E-state index < -0.39 is 0 Å². The minimum absolute atomic E-state index is 0.123. The van der Waals surface area contributed by atoms with Crippen LogP contribution in [-0.4, -0.2) is 49.4 Å². The highest BCUT2D eigenvalue weighted by atomic mass is 16.2. The van der Waals surface area contributed by atoms with Crippen molar-refractivity contribution >= 4 is 11.6 Å². The molecule has 0 saturated carbocycles. The molecule has 0 atom stereocenters. The van der Waals surface area contributed by atoms with Crippen LogP contribution in [0.3, 0.4) is 0 Å². The molecule has 1 heterocycles. The van der Waals surface area contributed by atoms with Gasteiger partial charge in [-0.1, -0.05) is 6.07 Å². The molecule has 0 bridgehead atoms. The lowest BCUT2D eigenvalue weighted by Crippen LogP contribution is -2.40. The number of carbonyl (C=O) groups is 1. The van der Waals surface area contributed by atoms with Crippen molar-refractivity contribution in [1.29, 1.82) is 0 Å². The Hall–Kier alpha value is -1.55. The van der Waals surface area contributed by atoms with Crippen LogP contribution in [0.15, 0.2) is 18.2 Å². The van der Waals surface area contributed by atoms with Gasteiger partial charge in [-0.25, -0.2) is 0 Å². The zero-order chi connectivity index (χ0) is 14.7. The lowest BCUT2D eigenvalue weighted by molar-refractivity contribution is 0.0677. The highest BCUT2D eigenvalue weighted by Crippen LogP contribution is 2.21. The van der Waals surface area contributed by atoms with Crippen molar-refractivity contribution < 1.29 is 4.79 Å². The second kappa shape index (κ2) is 6.27. The average Bonchev–Trinajstić information content (AvgIpc) is 2.41. The van der Waals surface area contributed by atoms with Gasteiger partial charge in [0.1, 0.15) is 0 Å². The molecule has 1 saturated heterocycles. The number of aryl methyl sites for hydroxylation is 1. The lowest BCUT2D eigenvalue weighted by Gasteiger charge is -2.33. The summed E-state index contributed by atoms with van der Waals surface area (Å²) >= 11 is 0. The predicted octanol–water partition coefficient (Wildman–Crippen LogP) is 1.99. The van der Waals surface area contributed by atoms with Gasteiger partial charge in [0.15, 0.2) is 0 Å². The number of rotatable bonds is 3. The van der Waals surface area contributed by atoms with Crippen LogP contribution in [0, 0.1) is 12.8 Å². The van der Waals surface area contributed by atoms with E-state index in [1.165, 1.54) is 0 Å². The van der Waals surface area contributed by atoms with Gasteiger partial charge in [0, 0.05) is 30.9 Å². The van der Waals surface area contributed by atoms with Crippen LogP contribution >= 0.6 is 0 Å². The Labute approximate surface area is 121 Å². The molecule has 2 rings (SSSR count). The Balaban J connectivity index is 2.00. The Morgan fingerprint density at radius 1 is 1.35 bits per heavy atom. The van der Waals surface area contributed by atoms with Gasteiger partial charge in [-0.05, 0) is 57.5 Å². The van der Waals surface area contributed by atoms with E-state index in [1.807, 2.05) is 24.0 Å². The monoisotopic (exact) mass is 275 g/mol. The Morgan fingerprint density at radius 3 is 2.60 bits per heavy atom. The standard InChI is InChI=1S/C16H25N3O/c1-12-4-5-14(17)10-15(12)16(20)19-8-6-13(7-9-19)11-18(2)3/h4-5,10,13H,6-9,11,17H2,1-3H3. The van der Waals surface area contributed by atoms with E-state index in [1.54, 1.807) is 6.07 Å². The maximum Gasteiger partial charge on any atom is 0.254 e. The molecule has 1 aromatic carbocycles. The first-order valence-electron chi connectivity index (χ1n) is 7.27. The molecule has 110 valence electrons. The molecular formula is C16H25N3O. The van der Waals surface area contributed by atoms with Crippen LogP contribution in [0.5, 0.6) is 0 Å². The van der Waals surface area contributed by atoms with Gasteiger partial charge in [-0.15, -0.1) is 0 Å². The van der Waals surface area contributed by atoms with E-state index in [-0.39, 0.29) is 5.91 Å². The third-order valence-electron chi connectivity index (χ3n) is 4.02. The smallest absolute Gasteiger partial charge is 0.254 e. The van der Waals surface area contributed by atoms with Gasteiger partial charge >= 0.3 is 0 Å². The van der Waals surface area contributed by atoms with E-state index in [9.17, 15) is 4.79 Å². The van der Waals surface area contributed by atoms with Crippen LogP contribution in [0.4, 0.5) is 5.69 Å². The average molecular weight is 275 g/mol. The van der Waals surface area contributed by atoms with E-state index in [0.29, 0.717) is 11.6 Å². The molecule has 0 aliphatic carbocycles. The van der Waals surface area contributed by atoms with Crippen molar-refractivity contribution in [3.8, 4) is 0 Å².